The van der Waals surface area contributed by atoms with Gasteiger partial charge in [-0.25, -0.2) is 9.67 Å². The van der Waals surface area contributed by atoms with Gasteiger partial charge in [-0.2, -0.15) is 5.10 Å². The molecule has 20 heavy (non-hydrogen) atoms. The van der Waals surface area contributed by atoms with Crippen LogP contribution in [-0.2, 0) is 4.79 Å². The van der Waals surface area contributed by atoms with Gasteiger partial charge in [-0.15, -0.1) is 0 Å². The molecule has 0 saturated carbocycles. The average molecular weight is 273 g/mol. The summed E-state index contributed by atoms with van der Waals surface area (Å²) in [4.78, 5) is 16.1. The molecule has 0 saturated heterocycles. The molecule has 2 N–H and O–H groups in total. The molecule has 1 aromatic carbocycles. The van der Waals surface area contributed by atoms with Crippen molar-refractivity contribution in [2.75, 3.05) is 18.4 Å². The van der Waals surface area contributed by atoms with Crippen LogP contribution in [-0.4, -0.2) is 33.8 Å². The van der Waals surface area contributed by atoms with Gasteiger partial charge >= 0.3 is 0 Å². The number of hydrogen-bond donors (Lipinski definition) is 2. The summed E-state index contributed by atoms with van der Waals surface area (Å²) < 4.78 is 1.63. The maximum atomic E-state index is 12.1. The van der Waals surface area contributed by atoms with Gasteiger partial charge in [0.1, 0.15) is 12.7 Å². The molecule has 0 aliphatic carbocycles. The van der Waals surface area contributed by atoms with Crippen LogP contribution in [0.25, 0.3) is 5.69 Å². The van der Waals surface area contributed by atoms with Crippen molar-refractivity contribution < 1.29 is 4.79 Å². The van der Waals surface area contributed by atoms with E-state index in [1.807, 2.05) is 38.1 Å². The lowest BCUT2D eigenvalue weighted by Crippen LogP contribution is -2.30. The first-order valence-electron chi connectivity index (χ1n) is 6.68. The Balaban J connectivity index is 2.12. The van der Waals surface area contributed by atoms with Crippen LogP contribution in [0.2, 0.25) is 0 Å². The van der Waals surface area contributed by atoms with Gasteiger partial charge in [-0.3, -0.25) is 4.79 Å². The molecule has 2 rings (SSSR count). The quantitative estimate of drug-likeness (QED) is 0.835. The van der Waals surface area contributed by atoms with Crippen molar-refractivity contribution in [1.82, 2.24) is 20.1 Å². The van der Waals surface area contributed by atoms with Crippen LogP contribution in [0, 0.1) is 5.92 Å². The summed E-state index contributed by atoms with van der Waals surface area (Å²) >= 11 is 0. The van der Waals surface area contributed by atoms with E-state index in [1.165, 1.54) is 6.33 Å². The first kappa shape index (κ1) is 14.2. The Hall–Kier alpha value is -2.21. The van der Waals surface area contributed by atoms with Gasteiger partial charge in [0, 0.05) is 12.5 Å². The Kier molecular flexibility index (Phi) is 4.84. The van der Waals surface area contributed by atoms with E-state index in [4.69, 9.17) is 0 Å². The predicted molar refractivity (Wildman–Crippen MR) is 77.7 cm³/mol. The summed E-state index contributed by atoms with van der Waals surface area (Å²) in [6.45, 7) is 5.43. The minimum absolute atomic E-state index is 0.0153. The summed E-state index contributed by atoms with van der Waals surface area (Å²) in [5.74, 6) is -0.114. The van der Waals surface area contributed by atoms with E-state index in [0.29, 0.717) is 6.54 Å². The van der Waals surface area contributed by atoms with Crippen molar-refractivity contribution in [3.63, 3.8) is 0 Å². The second-order valence-corrected chi connectivity index (χ2v) is 4.56. The van der Waals surface area contributed by atoms with Gasteiger partial charge in [0.25, 0.3) is 0 Å². The van der Waals surface area contributed by atoms with E-state index >= 15 is 0 Å². The second kappa shape index (κ2) is 6.81. The van der Waals surface area contributed by atoms with Crippen LogP contribution in [0.4, 0.5) is 5.69 Å². The molecule has 0 fully saturated rings. The van der Waals surface area contributed by atoms with Crippen LogP contribution in [0.5, 0.6) is 0 Å². The molecular formula is C14H19N5O. The van der Waals surface area contributed by atoms with Gasteiger partial charge in [0.05, 0.1) is 11.4 Å². The molecule has 1 unspecified atom stereocenters. The Morgan fingerprint density at radius 3 is 2.90 bits per heavy atom. The highest BCUT2D eigenvalue weighted by Gasteiger charge is 2.14. The molecule has 0 aliphatic rings. The minimum atomic E-state index is -0.0984. The van der Waals surface area contributed by atoms with Crippen LogP contribution in [0.15, 0.2) is 36.9 Å². The summed E-state index contributed by atoms with van der Waals surface area (Å²) in [6.07, 6.45) is 3.07. The van der Waals surface area contributed by atoms with E-state index < -0.39 is 0 Å². The second-order valence-electron chi connectivity index (χ2n) is 4.56. The lowest BCUT2D eigenvalue weighted by molar-refractivity contribution is -0.119. The van der Waals surface area contributed by atoms with Gasteiger partial charge in [0.2, 0.25) is 5.91 Å². The number of amides is 1. The Labute approximate surface area is 118 Å². The number of rotatable bonds is 6. The lowest BCUT2D eigenvalue weighted by Gasteiger charge is -2.14. The van der Waals surface area contributed by atoms with E-state index in [0.717, 1.165) is 17.9 Å². The standard InChI is InChI=1S/C14H19N5O/c1-3-15-8-11(2)14(20)18-12-6-4-5-7-13(12)19-10-16-9-17-19/h4-7,9-11,15H,3,8H2,1-2H3,(H,18,20). The van der Waals surface area contributed by atoms with E-state index in [2.05, 4.69) is 20.7 Å². The number of aromatic nitrogens is 3. The number of nitrogens with one attached hydrogen (secondary N) is 2. The zero-order valence-electron chi connectivity index (χ0n) is 11.7. The minimum Gasteiger partial charge on any atom is -0.324 e. The van der Waals surface area contributed by atoms with Crippen LogP contribution >= 0.6 is 0 Å². The van der Waals surface area contributed by atoms with Crippen molar-refractivity contribution in [2.24, 2.45) is 5.92 Å². The van der Waals surface area contributed by atoms with E-state index in [-0.39, 0.29) is 11.8 Å². The first-order chi connectivity index (χ1) is 9.72. The largest absolute Gasteiger partial charge is 0.324 e. The van der Waals surface area contributed by atoms with Crippen molar-refractivity contribution in [3.05, 3.63) is 36.9 Å². The highest BCUT2D eigenvalue weighted by molar-refractivity contribution is 5.94. The third kappa shape index (κ3) is 3.42. The average Bonchev–Trinajstić information content (AvgIpc) is 2.99. The Bertz CT molecular complexity index is 552. The topological polar surface area (TPSA) is 71.8 Å². The Morgan fingerprint density at radius 2 is 2.20 bits per heavy atom. The SMILES string of the molecule is CCNCC(C)C(=O)Nc1ccccc1-n1cncn1. The van der Waals surface area contributed by atoms with Crippen molar-refractivity contribution >= 4 is 11.6 Å². The molecule has 1 aromatic heterocycles. The highest BCUT2D eigenvalue weighted by Crippen LogP contribution is 2.19. The number of carbonyl (C=O) groups excluding carboxylic acids is 1. The number of benzene rings is 1. The van der Waals surface area contributed by atoms with Crippen molar-refractivity contribution in [1.29, 1.82) is 0 Å². The number of carbonyl (C=O) groups is 1. The Morgan fingerprint density at radius 1 is 1.40 bits per heavy atom. The number of para-hydroxylation sites is 2. The predicted octanol–water partition coefficient (Wildman–Crippen LogP) is 1.45. The monoisotopic (exact) mass is 273 g/mol. The van der Waals surface area contributed by atoms with Crippen molar-refractivity contribution in [3.8, 4) is 5.69 Å². The van der Waals surface area contributed by atoms with Crippen LogP contribution < -0.4 is 10.6 Å². The molecular weight excluding hydrogens is 254 g/mol. The van der Waals surface area contributed by atoms with Gasteiger partial charge in [-0.1, -0.05) is 26.0 Å². The van der Waals surface area contributed by atoms with Gasteiger partial charge in [-0.05, 0) is 18.7 Å². The molecule has 0 radical (unpaired) electrons. The molecule has 1 heterocycles. The fourth-order valence-electron chi connectivity index (χ4n) is 1.82. The number of anilines is 1. The maximum Gasteiger partial charge on any atom is 0.228 e. The van der Waals surface area contributed by atoms with Crippen LogP contribution in [0.1, 0.15) is 13.8 Å². The van der Waals surface area contributed by atoms with E-state index in [1.54, 1.807) is 11.0 Å². The molecule has 106 valence electrons. The summed E-state index contributed by atoms with van der Waals surface area (Å²) in [5, 5.41) is 10.2. The van der Waals surface area contributed by atoms with Gasteiger partial charge in [0.15, 0.2) is 0 Å². The molecule has 0 aliphatic heterocycles. The third-order valence-corrected chi connectivity index (χ3v) is 2.98. The molecule has 1 amide bonds. The third-order valence-electron chi connectivity index (χ3n) is 2.98. The smallest absolute Gasteiger partial charge is 0.228 e. The highest BCUT2D eigenvalue weighted by atomic mass is 16.1. The first-order valence-corrected chi connectivity index (χ1v) is 6.68. The zero-order chi connectivity index (χ0) is 14.4. The molecule has 6 heteroatoms. The fraction of sp³-hybridized carbons (Fsp3) is 0.357. The lowest BCUT2D eigenvalue weighted by atomic mass is 10.1. The maximum absolute atomic E-state index is 12.1. The molecule has 0 bridgehead atoms. The number of hydrogen-bond acceptors (Lipinski definition) is 4. The molecule has 1 atom stereocenters. The van der Waals surface area contributed by atoms with Crippen molar-refractivity contribution in [2.45, 2.75) is 13.8 Å². The molecule has 2 aromatic rings. The number of nitrogens with zero attached hydrogens (tertiary/aromatic N) is 3. The zero-order valence-corrected chi connectivity index (χ0v) is 11.7. The molecule has 6 nitrogen and oxygen atoms in total. The summed E-state index contributed by atoms with van der Waals surface area (Å²) in [6, 6.07) is 7.52. The fourth-order valence-corrected chi connectivity index (χ4v) is 1.82. The van der Waals surface area contributed by atoms with E-state index in [9.17, 15) is 4.79 Å². The molecule has 0 spiro atoms. The summed E-state index contributed by atoms with van der Waals surface area (Å²) in [5.41, 5.74) is 1.53. The summed E-state index contributed by atoms with van der Waals surface area (Å²) in [7, 11) is 0. The normalized spacial score (nSPS) is 12.1. The van der Waals surface area contributed by atoms with Crippen LogP contribution in [0.3, 0.4) is 0 Å². The van der Waals surface area contributed by atoms with Gasteiger partial charge < -0.3 is 10.6 Å².